The molecule has 0 aliphatic rings. The van der Waals surface area contributed by atoms with Crippen molar-refractivity contribution in [2.24, 2.45) is 7.05 Å². The van der Waals surface area contributed by atoms with Crippen LogP contribution in [0.1, 0.15) is 26.4 Å². The van der Waals surface area contributed by atoms with Gasteiger partial charge in [0.1, 0.15) is 11.4 Å². The molecular weight excluding hydrogens is 364 g/mol. The second kappa shape index (κ2) is 7.32. The van der Waals surface area contributed by atoms with Crippen molar-refractivity contribution in [3.63, 3.8) is 0 Å². The number of carboxylic acid groups (broad SMARTS) is 1. The van der Waals surface area contributed by atoms with Gasteiger partial charge in [0.2, 0.25) is 0 Å². The zero-order valence-electron chi connectivity index (χ0n) is 12.8. The van der Waals surface area contributed by atoms with Crippen molar-refractivity contribution in [1.82, 2.24) is 9.88 Å². The highest BCUT2D eigenvalue weighted by Gasteiger charge is 2.12. The van der Waals surface area contributed by atoms with Crippen LogP contribution in [0, 0.1) is 0 Å². The van der Waals surface area contributed by atoms with Gasteiger partial charge in [-0.25, -0.2) is 4.79 Å². The van der Waals surface area contributed by atoms with Crippen LogP contribution >= 0.6 is 15.9 Å². The molecule has 0 spiro atoms. The molecule has 1 heterocycles. The fraction of sp³-hybridized carbons (Fsp3) is 0.250. The van der Waals surface area contributed by atoms with Gasteiger partial charge in [-0.3, -0.25) is 4.79 Å². The fourth-order valence-corrected chi connectivity index (χ4v) is 2.76. The van der Waals surface area contributed by atoms with Crippen LogP contribution in [0.3, 0.4) is 0 Å². The number of ether oxygens (including phenoxy) is 1. The minimum absolute atomic E-state index is 0.167. The number of rotatable bonds is 6. The summed E-state index contributed by atoms with van der Waals surface area (Å²) in [4.78, 5) is 23.1. The molecular formula is C16H17BrN2O4. The van der Waals surface area contributed by atoms with Crippen molar-refractivity contribution in [1.29, 1.82) is 0 Å². The third-order valence-corrected chi connectivity index (χ3v) is 3.85. The largest absolute Gasteiger partial charge is 0.496 e. The molecule has 0 atom stereocenters. The number of hydrogen-bond acceptors (Lipinski definition) is 3. The van der Waals surface area contributed by atoms with Gasteiger partial charge in [0.25, 0.3) is 5.91 Å². The molecule has 2 N–H and O–H groups in total. The van der Waals surface area contributed by atoms with Crippen LogP contribution in [-0.4, -0.2) is 35.2 Å². The number of halogens is 1. The first-order valence-electron chi connectivity index (χ1n) is 6.92. The highest BCUT2D eigenvalue weighted by molar-refractivity contribution is 9.10. The number of aryl methyl sites for hydroxylation is 1. The maximum Gasteiger partial charge on any atom is 0.335 e. The molecule has 0 aliphatic heterocycles. The fourth-order valence-electron chi connectivity index (χ4n) is 2.24. The number of carbonyl (C=O) groups excluding carboxylic acids is 1. The SMILES string of the molecule is COc1cc(C(=O)O)ccc1CCNC(=O)c1cc(Br)cn1C. The Morgan fingerprint density at radius 1 is 1.35 bits per heavy atom. The number of aromatic carboxylic acids is 1. The van der Waals surface area contributed by atoms with E-state index in [0.717, 1.165) is 10.0 Å². The lowest BCUT2D eigenvalue weighted by Crippen LogP contribution is -2.27. The Balaban J connectivity index is 2.00. The topological polar surface area (TPSA) is 80.6 Å². The van der Waals surface area contributed by atoms with Crippen LogP contribution in [0.25, 0.3) is 0 Å². The van der Waals surface area contributed by atoms with Crippen LogP contribution in [0.4, 0.5) is 0 Å². The van der Waals surface area contributed by atoms with E-state index in [1.807, 2.05) is 6.20 Å². The number of nitrogens with one attached hydrogen (secondary N) is 1. The van der Waals surface area contributed by atoms with Crippen LogP contribution in [0.2, 0.25) is 0 Å². The summed E-state index contributed by atoms with van der Waals surface area (Å²) in [5.74, 6) is -0.669. The molecule has 1 amide bonds. The number of aromatic nitrogens is 1. The van der Waals surface area contributed by atoms with E-state index in [9.17, 15) is 9.59 Å². The number of carboxylic acids is 1. The summed E-state index contributed by atoms with van der Waals surface area (Å²) in [7, 11) is 3.29. The molecule has 0 saturated carbocycles. The van der Waals surface area contributed by atoms with Crippen molar-refractivity contribution >= 4 is 27.8 Å². The lowest BCUT2D eigenvalue weighted by molar-refractivity contribution is 0.0696. The molecule has 6 nitrogen and oxygen atoms in total. The molecule has 7 heteroatoms. The van der Waals surface area contributed by atoms with Gasteiger partial charge in [0, 0.05) is 24.3 Å². The average molecular weight is 381 g/mol. The Kier molecular flexibility index (Phi) is 5.44. The molecule has 2 aromatic rings. The van der Waals surface area contributed by atoms with E-state index in [-0.39, 0.29) is 11.5 Å². The quantitative estimate of drug-likeness (QED) is 0.806. The molecule has 122 valence electrons. The summed E-state index contributed by atoms with van der Waals surface area (Å²) in [6.07, 6.45) is 2.35. The van der Waals surface area contributed by atoms with Gasteiger partial charge in [-0.1, -0.05) is 6.07 Å². The summed E-state index contributed by atoms with van der Waals surface area (Å²) >= 11 is 3.33. The van der Waals surface area contributed by atoms with Crippen LogP contribution in [0.15, 0.2) is 34.9 Å². The highest BCUT2D eigenvalue weighted by atomic mass is 79.9. The minimum atomic E-state index is -1.00. The van der Waals surface area contributed by atoms with E-state index in [0.29, 0.717) is 24.4 Å². The third-order valence-electron chi connectivity index (χ3n) is 3.42. The van der Waals surface area contributed by atoms with Gasteiger partial charge >= 0.3 is 5.97 Å². The molecule has 1 aromatic carbocycles. The minimum Gasteiger partial charge on any atom is -0.496 e. The van der Waals surface area contributed by atoms with E-state index >= 15 is 0 Å². The first-order valence-corrected chi connectivity index (χ1v) is 7.72. The summed E-state index contributed by atoms with van der Waals surface area (Å²) < 4.78 is 7.80. The molecule has 0 aliphatic carbocycles. The number of benzene rings is 1. The van der Waals surface area contributed by atoms with Gasteiger partial charge in [-0.2, -0.15) is 0 Å². The number of amides is 1. The standard InChI is InChI=1S/C16H17BrN2O4/c1-19-9-12(17)8-13(19)15(20)18-6-5-10-3-4-11(16(21)22)7-14(10)23-2/h3-4,7-9H,5-6H2,1-2H3,(H,18,20)(H,21,22). The molecule has 1 aromatic heterocycles. The summed E-state index contributed by atoms with van der Waals surface area (Å²) in [6, 6.07) is 6.45. The van der Waals surface area contributed by atoms with Crippen molar-refractivity contribution < 1.29 is 19.4 Å². The maximum absolute atomic E-state index is 12.1. The first-order chi connectivity index (χ1) is 10.9. The highest BCUT2D eigenvalue weighted by Crippen LogP contribution is 2.20. The number of hydrogen-bond donors (Lipinski definition) is 2. The molecule has 0 radical (unpaired) electrons. The zero-order valence-corrected chi connectivity index (χ0v) is 14.4. The average Bonchev–Trinajstić information content (AvgIpc) is 2.85. The number of methoxy groups -OCH3 is 1. The van der Waals surface area contributed by atoms with E-state index in [1.165, 1.54) is 19.2 Å². The second-order valence-corrected chi connectivity index (χ2v) is 5.91. The molecule has 0 unspecified atom stereocenters. The van der Waals surface area contributed by atoms with Crippen molar-refractivity contribution in [3.05, 3.63) is 51.8 Å². The van der Waals surface area contributed by atoms with Crippen molar-refractivity contribution in [2.45, 2.75) is 6.42 Å². The van der Waals surface area contributed by atoms with Gasteiger partial charge in [-0.15, -0.1) is 0 Å². The van der Waals surface area contributed by atoms with Gasteiger partial charge in [0.15, 0.2) is 0 Å². The lowest BCUT2D eigenvalue weighted by Gasteiger charge is -2.10. The Morgan fingerprint density at radius 3 is 2.65 bits per heavy atom. The Morgan fingerprint density at radius 2 is 2.09 bits per heavy atom. The number of carbonyl (C=O) groups is 2. The van der Waals surface area contributed by atoms with Crippen LogP contribution in [-0.2, 0) is 13.5 Å². The third kappa shape index (κ3) is 4.13. The zero-order chi connectivity index (χ0) is 17.0. The Labute approximate surface area is 142 Å². The Bertz CT molecular complexity index is 740. The van der Waals surface area contributed by atoms with Gasteiger partial charge < -0.3 is 19.7 Å². The van der Waals surface area contributed by atoms with E-state index in [1.54, 1.807) is 23.7 Å². The normalized spacial score (nSPS) is 10.4. The summed E-state index contributed by atoms with van der Waals surface area (Å²) in [6.45, 7) is 0.421. The molecule has 2 rings (SSSR count). The summed E-state index contributed by atoms with van der Waals surface area (Å²) in [5, 5.41) is 11.8. The lowest BCUT2D eigenvalue weighted by atomic mass is 10.1. The molecule has 0 bridgehead atoms. The summed E-state index contributed by atoms with van der Waals surface area (Å²) in [5.41, 5.74) is 1.57. The maximum atomic E-state index is 12.1. The predicted octanol–water partition coefficient (Wildman–Crippen LogP) is 2.47. The van der Waals surface area contributed by atoms with Crippen LogP contribution < -0.4 is 10.1 Å². The van der Waals surface area contributed by atoms with E-state index in [4.69, 9.17) is 9.84 Å². The second-order valence-electron chi connectivity index (χ2n) is 4.99. The predicted molar refractivity (Wildman–Crippen MR) is 89.1 cm³/mol. The smallest absolute Gasteiger partial charge is 0.335 e. The van der Waals surface area contributed by atoms with Crippen molar-refractivity contribution in [3.8, 4) is 5.75 Å². The van der Waals surface area contributed by atoms with E-state index in [2.05, 4.69) is 21.2 Å². The first kappa shape index (κ1) is 17.1. The number of nitrogens with zero attached hydrogens (tertiary/aromatic N) is 1. The van der Waals surface area contributed by atoms with Gasteiger partial charge in [0.05, 0.1) is 12.7 Å². The molecule has 23 heavy (non-hydrogen) atoms. The Hall–Kier alpha value is -2.28. The molecule has 0 fully saturated rings. The monoisotopic (exact) mass is 380 g/mol. The van der Waals surface area contributed by atoms with E-state index < -0.39 is 5.97 Å². The van der Waals surface area contributed by atoms with Crippen molar-refractivity contribution in [2.75, 3.05) is 13.7 Å². The molecule has 0 saturated heterocycles. The van der Waals surface area contributed by atoms with Gasteiger partial charge in [-0.05, 0) is 46.1 Å². The van der Waals surface area contributed by atoms with Crippen LogP contribution in [0.5, 0.6) is 5.75 Å².